The summed E-state index contributed by atoms with van der Waals surface area (Å²) in [6, 6.07) is 15.6. The van der Waals surface area contributed by atoms with Gasteiger partial charge in [0.05, 0.1) is 17.0 Å². The number of hydrogen-bond donors (Lipinski definition) is 1. The Balaban J connectivity index is 1.43. The lowest BCUT2D eigenvalue weighted by Crippen LogP contribution is -2.55. The summed E-state index contributed by atoms with van der Waals surface area (Å²) in [5, 5.41) is 15.8. The molecule has 202 valence electrons. The van der Waals surface area contributed by atoms with E-state index < -0.39 is 17.5 Å². The van der Waals surface area contributed by atoms with Crippen LogP contribution in [0.4, 0.5) is 10.1 Å². The van der Waals surface area contributed by atoms with Crippen LogP contribution in [0.5, 0.6) is 11.5 Å². The van der Waals surface area contributed by atoms with E-state index in [1.54, 1.807) is 18.2 Å². The number of nitro groups is 1. The average molecular weight is 596 g/mol. The third-order valence-corrected chi connectivity index (χ3v) is 8.70. The zero-order valence-corrected chi connectivity index (χ0v) is 22.8. The summed E-state index contributed by atoms with van der Waals surface area (Å²) in [5.41, 5.74) is 1.40. The first-order valence-corrected chi connectivity index (χ1v) is 13.8. The topological polar surface area (TPSA) is 93.9 Å². The van der Waals surface area contributed by atoms with Crippen LogP contribution in [0.2, 0.25) is 0 Å². The molecule has 3 aromatic carbocycles. The molecule has 0 saturated carbocycles. The highest BCUT2D eigenvalue weighted by molar-refractivity contribution is 9.10. The van der Waals surface area contributed by atoms with Crippen molar-refractivity contribution in [3.05, 3.63) is 97.8 Å². The van der Waals surface area contributed by atoms with Crippen molar-refractivity contribution in [1.29, 1.82) is 0 Å². The first-order valence-electron chi connectivity index (χ1n) is 13.0. The molecule has 1 amide bonds. The Morgan fingerprint density at radius 1 is 1.18 bits per heavy atom. The van der Waals surface area contributed by atoms with Crippen molar-refractivity contribution in [2.75, 3.05) is 18.5 Å². The van der Waals surface area contributed by atoms with E-state index in [2.05, 4.69) is 26.1 Å². The van der Waals surface area contributed by atoms with Crippen molar-refractivity contribution in [2.45, 2.75) is 49.9 Å². The summed E-state index contributed by atoms with van der Waals surface area (Å²) in [4.78, 5) is 28.3. The molecule has 3 heterocycles. The van der Waals surface area contributed by atoms with Crippen molar-refractivity contribution < 1.29 is 23.6 Å². The van der Waals surface area contributed by atoms with Crippen LogP contribution in [0.1, 0.15) is 42.4 Å². The van der Waals surface area contributed by atoms with Gasteiger partial charge in [0.1, 0.15) is 12.4 Å². The van der Waals surface area contributed by atoms with Crippen LogP contribution in [-0.2, 0) is 16.9 Å². The number of hydrogen-bond acceptors (Lipinski definition) is 6. The van der Waals surface area contributed by atoms with E-state index in [9.17, 15) is 19.3 Å². The van der Waals surface area contributed by atoms with E-state index in [1.807, 2.05) is 37.3 Å². The van der Waals surface area contributed by atoms with Crippen LogP contribution in [0.25, 0.3) is 0 Å². The number of rotatable bonds is 7. The molecule has 1 N–H and O–H groups in total. The van der Waals surface area contributed by atoms with Gasteiger partial charge in [0.15, 0.2) is 17.0 Å². The predicted octanol–water partition coefficient (Wildman–Crippen LogP) is 5.62. The van der Waals surface area contributed by atoms with Crippen LogP contribution >= 0.6 is 15.9 Å². The molecule has 0 aliphatic carbocycles. The number of anilines is 1. The second-order valence-corrected chi connectivity index (χ2v) is 11.0. The molecule has 0 aromatic heterocycles. The largest absolute Gasteiger partial charge is 0.490 e. The summed E-state index contributed by atoms with van der Waals surface area (Å²) in [7, 11) is 0. The Bertz CT molecular complexity index is 1450. The zero-order valence-electron chi connectivity index (χ0n) is 21.2. The van der Waals surface area contributed by atoms with Crippen molar-refractivity contribution in [2.24, 2.45) is 0 Å². The van der Waals surface area contributed by atoms with Gasteiger partial charge in [0.25, 0.3) is 11.9 Å². The third-order valence-electron chi connectivity index (χ3n) is 8.11. The quantitative estimate of drug-likeness (QED) is 0.281. The fourth-order valence-corrected chi connectivity index (χ4v) is 7.27. The van der Waals surface area contributed by atoms with E-state index in [0.717, 1.165) is 18.4 Å². The minimum atomic E-state index is -1.39. The van der Waals surface area contributed by atoms with Crippen molar-refractivity contribution in [3.63, 3.8) is 0 Å². The highest BCUT2D eigenvalue weighted by atomic mass is 79.9. The minimum absolute atomic E-state index is 0.190. The average Bonchev–Trinajstić information content (AvgIpc) is 3.57. The molecule has 4 atom stereocenters. The molecular weight excluding hydrogens is 569 g/mol. The van der Waals surface area contributed by atoms with Crippen LogP contribution in [0, 0.1) is 15.9 Å². The van der Waals surface area contributed by atoms with E-state index >= 15 is 0 Å². The minimum Gasteiger partial charge on any atom is -0.490 e. The molecule has 2 saturated heterocycles. The summed E-state index contributed by atoms with van der Waals surface area (Å²) >= 11 is 3.61. The number of carbonyl (C=O) groups is 1. The lowest BCUT2D eigenvalue weighted by molar-refractivity contribution is -0.534. The second-order valence-electron chi connectivity index (χ2n) is 10.1. The number of fused-ring (bicyclic) bond motifs is 4. The maximum atomic E-state index is 13.7. The predicted molar refractivity (Wildman–Crippen MR) is 146 cm³/mol. The summed E-state index contributed by atoms with van der Waals surface area (Å²) in [6.07, 6.45) is 1.59. The van der Waals surface area contributed by atoms with Gasteiger partial charge in [-0.05, 0) is 77.2 Å². The number of amides is 1. The zero-order chi connectivity index (χ0) is 27.3. The molecule has 6 rings (SSSR count). The van der Waals surface area contributed by atoms with Crippen LogP contribution in [0.3, 0.4) is 0 Å². The van der Waals surface area contributed by atoms with Gasteiger partial charge in [0, 0.05) is 28.8 Å². The SMILES string of the molecule is CCOc1cc([C@@H]2[C@@H]3CCCN3[C@@]3(C(=O)Nc4ccccc43)[C@@H]2[N+](=O)[O-])cc(Br)c1OCc1ccc(F)cc1. The van der Waals surface area contributed by atoms with Crippen LogP contribution < -0.4 is 14.8 Å². The number of benzene rings is 3. The third kappa shape index (κ3) is 4.00. The number of nitrogens with one attached hydrogen (secondary N) is 1. The Morgan fingerprint density at radius 3 is 2.69 bits per heavy atom. The summed E-state index contributed by atoms with van der Waals surface area (Å²) < 4.78 is 25.9. The van der Waals surface area contributed by atoms with Crippen LogP contribution in [-0.4, -0.2) is 41.0 Å². The van der Waals surface area contributed by atoms with Crippen molar-refractivity contribution >= 4 is 27.5 Å². The fourth-order valence-electron chi connectivity index (χ4n) is 6.69. The summed E-state index contributed by atoms with van der Waals surface area (Å²) in [6.45, 7) is 3.01. The molecule has 1 spiro atoms. The molecule has 3 aliphatic rings. The van der Waals surface area contributed by atoms with Gasteiger partial charge in [-0.1, -0.05) is 30.3 Å². The summed E-state index contributed by atoms with van der Waals surface area (Å²) in [5.74, 6) is -0.312. The normalized spacial score (nSPS) is 25.4. The van der Waals surface area contributed by atoms with E-state index in [-0.39, 0.29) is 29.3 Å². The van der Waals surface area contributed by atoms with Gasteiger partial charge in [-0.15, -0.1) is 0 Å². The van der Waals surface area contributed by atoms with Crippen molar-refractivity contribution in [1.82, 2.24) is 4.90 Å². The molecule has 10 heteroatoms. The maximum absolute atomic E-state index is 13.7. The molecule has 0 radical (unpaired) electrons. The highest BCUT2D eigenvalue weighted by Crippen LogP contribution is 2.58. The first kappa shape index (κ1) is 25.8. The van der Waals surface area contributed by atoms with Crippen LogP contribution in [0.15, 0.2) is 65.1 Å². The molecule has 39 heavy (non-hydrogen) atoms. The Labute approximate surface area is 233 Å². The number of carbonyl (C=O) groups excluding carboxylic acids is 1. The van der Waals surface area contributed by atoms with E-state index in [4.69, 9.17) is 9.47 Å². The standard InChI is InChI=1S/C29H27BrFN3O5/c1-2-38-24-15-18(14-21(30)26(24)39-16-17-9-11-19(31)12-10-17)25-23-8-5-13-33(23)29(27(25)34(36)37)20-6-3-4-7-22(20)32-28(29)35/h3-4,6-7,9-12,14-15,23,25,27H,2,5,8,13,16H2,1H3,(H,32,35)/t23-,25+,27+,29+/m0/s1. The fraction of sp³-hybridized carbons (Fsp3) is 0.345. The molecule has 2 fully saturated rings. The number of nitrogens with zero attached hydrogens (tertiary/aromatic N) is 2. The molecule has 3 aromatic rings. The van der Waals surface area contributed by atoms with Gasteiger partial charge >= 0.3 is 0 Å². The van der Waals surface area contributed by atoms with Gasteiger partial charge in [0.2, 0.25) is 0 Å². The Morgan fingerprint density at radius 2 is 1.95 bits per heavy atom. The van der Waals surface area contributed by atoms with Gasteiger partial charge in [-0.2, -0.15) is 0 Å². The molecule has 0 bridgehead atoms. The van der Waals surface area contributed by atoms with Gasteiger partial charge in [-0.25, -0.2) is 4.39 Å². The van der Waals surface area contributed by atoms with Gasteiger partial charge in [-0.3, -0.25) is 19.8 Å². The first-order chi connectivity index (χ1) is 18.9. The second kappa shape index (κ2) is 9.91. The lowest BCUT2D eigenvalue weighted by atomic mass is 9.77. The Hall–Kier alpha value is -3.50. The lowest BCUT2D eigenvalue weighted by Gasteiger charge is -2.32. The smallest absolute Gasteiger partial charge is 0.256 e. The number of halogens is 2. The number of para-hydroxylation sites is 1. The van der Waals surface area contributed by atoms with E-state index in [1.165, 1.54) is 12.1 Å². The van der Waals surface area contributed by atoms with Gasteiger partial charge < -0.3 is 14.8 Å². The monoisotopic (exact) mass is 595 g/mol. The maximum Gasteiger partial charge on any atom is 0.256 e. The molecular formula is C29H27BrFN3O5. The Kier molecular flexibility index (Phi) is 6.55. The van der Waals surface area contributed by atoms with E-state index in [0.29, 0.717) is 45.9 Å². The molecule has 0 unspecified atom stereocenters. The number of ether oxygens (including phenoxy) is 2. The molecule has 8 nitrogen and oxygen atoms in total. The van der Waals surface area contributed by atoms with Crippen molar-refractivity contribution in [3.8, 4) is 11.5 Å². The molecule has 3 aliphatic heterocycles. The highest BCUT2D eigenvalue weighted by Gasteiger charge is 2.73.